The first-order chi connectivity index (χ1) is 17.7. The van der Waals surface area contributed by atoms with E-state index in [0.29, 0.717) is 20.9 Å². The molecule has 11 nitrogen and oxygen atoms in total. The number of nitrogens with zero attached hydrogens (tertiary/aromatic N) is 4. The number of thiazole rings is 1. The molecular formula is C22H22BrN6O5S3+. The van der Waals surface area contributed by atoms with Gasteiger partial charge in [-0.05, 0) is 0 Å². The lowest BCUT2D eigenvalue weighted by Gasteiger charge is -2.49. The first-order valence-electron chi connectivity index (χ1n) is 10.7. The van der Waals surface area contributed by atoms with Gasteiger partial charge in [0.25, 0.3) is 11.8 Å². The number of anilines is 1. The van der Waals surface area contributed by atoms with E-state index in [1.807, 2.05) is 36.1 Å². The van der Waals surface area contributed by atoms with Gasteiger partial charge in [0.1, 0.15) is 31.1 Å². The van der Waals surface area contributed by atoms with Crippen LogP contribution < -0.4 is 15.6 Å². The number of β-lactam (4-membered cyclic amide) rings is 1. The van der Waals surface area contributed by atoms with Crippen LogP contribution >= 0.6 is 50.8 Å². The van der Waals surface area contributed by atoms with Crippen molar-refractivity contribution in [1.29, 1.82) is 0 Å². The molecule has 0 spiro atoms. The number of aryl methyl sites for hydroxylation is 1. The van der Waals surface area contributed by atoms with Crippen molar-refractivity contribution < 1.29 is 28.9 Å². The first kappa shape index (κ1) is 27.2. The summed E-state index contributed by atoms with van der Waals surface area (Å²) in [6.45, 7) is 3.66. The van der Waals surface area contributed by atoms with Crippen LogP contribution in [0.1, 0.15) is 5.69 Å². The minimum atomic E-state index is -1.19. The Bertz CT molecular complexity index is 1310. The van der Waals surface area contributed by atoms with Crippen LogP contribution in [0.4, 0.5) is 5.13 Å². The molecule has 0 aliphatic carbocycles. The number of rotatable bonds is 10. The SMILES string of the molecule is C=C(Br)CON=C(C(=O)NC1C(=O)N2C(C(=O)O)=C(CSc3cc[n+](C)cc3)SCC12)c1csc(N)n1. The van der Waals surface area contributed by atoms with Gasteiger partial charge in [0.05, 0.1) is 6.04 Å². The number of nitrogens with two attached hydrogens (primary N) is 1. The molecule has 2 atom stereocenters. The third-order valence-electron chi connectivity index (χ3n) is 5.32. The summed E-state index contributed by atoms with van der Waals surface area (Å²) in [6.07, 6.45) is 3.81. The topological polar surface area (TPSA) is 151 Å². The highest BCUT2D eigenvalue weighted by Crippen LogP contribution is 2.41. The molecule has 2 unspecified atom stereocenters. The fourth-order valence-corrected chi connectivity index (χ4v) is 6.53. The number of carbonyl (C=O) groups is 3. The third-order valence-corrected chi connectivity index (χ3v) is 8.64. The summed E-state index contributed by atoms with van der Waals surface area (Å²) in [5, 5.41) is 18.2. The Kier molecular flexibility index (Phi) is 8.56. The highest BCUT2D eigenvalue weighted by atomic mass is 79.9. The van der Waals surface area contributed by atoms with E-state index in [-0.39, 0.29) is 28.8 Å². The number of nitrogens with one attached hydrogen (secondary N) is 1. The van der Waals surface area contributed by atoms with E-state index in [1.54, 1.807) is 5.38 Å². The summed E-state index contributed by atoms with van der Waals surface area (Å²) in [7, 11) is 1.91. The van der Waals surface area contributed by atoms with Gasteiger partial charge in [-0.3, -0.25) is 14.5 Å². The Morgan fingerprint density at radius 1 is 1.46 bits per heavy atom. The standard InChI is InChI=1S/C22H21BrN6O5S3/c1-11(23)7-34-27-16(13-8-37-22(24)25-13)19(30)26-17-14-9-36-15(18(21(32)33)29(14)20(17)31)10-35-12-3-5-28(2)6-4-12/h3-6,8,14,17H,1,7,9-10H2,2H3,(H3-,24,25,26,30,32,33)/p+1. The lowest BCUT2D eigenvalue weighted by atomic mass is 9.94. The number of carbonyl (C=O) groups excluding carboxylic acids is 2. The van der Waals surface area contributed by atoms with E-state index >= 15 is 0 Å². The summed E-state index contributed by atoms with van der Waals surface area (Å²) in [5.74, 6) is -1.53. The molecule has 194 valence electrons. The van der Waals surface area contributed by atoms with Crippen LogP contribution in [-0.4, -0.2) is 68.7 Å². The monoisotopic (exact) mass is 625 g/mol. The maximum atomic E-state index is 13.1. The second-order valence-electron chi connectivity index (χ2n) is 7.90. The van der Waals surface area contributed by atoms with E-state index in [0.717, 1.165) is 16.2 Å². The molecule has 0 aromatic carbocycles. The number of nitrogen functional groups attached to an aromatic ring is 1. The van der Waals surface area contributed by atoms with E-state index in [1.165, 1.54) is 28.4 Å². The number of fused-ring (bicyclic) bond motifs is 1. The molecule has 0 radical (unpaired) electrons. The zero-order valence-electron chi connectivity index (χ0n) is 19.4. The number of oxime groups is 1. The molecule has 15 heteroatoms. The van der Waals surface area contributed by atoms with Crippen LogP contribution in [0.15, 0.2) is 61.6 Å². The van der Waals surface area contributed by atoms with Gasteiger partial charge in [0.15, 0.2) is 23.2 Å². The predicted molar refractivity (Wildman–Crippen MR) is 145 cm³/mol. The van der Waals surface area contributed by atoms with Gasteiger partial charge in [0.2, 0.25) is 0 Å². The van der Waals surface area contributed by atoms with Crippen LogP contribution in [0.3, 0.4) is 0 Å². The Labute approximate surface area is 233 Å². The zero-order valence-corrected chi connectivity index (χ0v) is 23.5. The first-order valence-corrected chi connectivity index (χ1v) is 14.4. The molecule has 37 heavy (non-hydrogen) atoms. The maximum Gasteiger partial charge on any atom is 0.353 e. The summed E-state index contributed by atoms with van der Waals surface area (Å²) < 4.78 is 2.42. The van der Waals surface area contributed by atoms with Gasteiger partial charge in [0, 0.05) is 43.3 Å². The molecule has 2 aliphatic rings. The van der Waals surface area contributed by atoms with Gasteiger partial charge >= 0.3 is 5.97 Å². The Morgan fingerprint density at radius 2 is 2.19 bits per heavy atom. The lowest BCUT2D eigenvalue weighted by Crippen LogP contribution is -2.73. The third kappa shape index (κ3) is 6.17. The number of hydrogen-bond acceptors (Lipinski definition) is 10. The minimum Gasteiger partial charge on any atom is -0.477 e. The van der Waals surface area contributed by atoms with Gasteiger partial charge in [-0.25, -0.2) is 14.3 Å². The van der Waals surface area contributed by atoms with Crippen molar-refractivity contribution in [3.05, 3.63) is 57.3 Å². The lowest BCUT2D eigenvalue weighted by molar-refractivity contribution is -0.671. The van der Waals surface area contributed by atoms with Crippen molar-refractivity contribution in [2.24, 2.45) is 12.2 Å². The smallest absolute Gasteiger partial charge is 0.353 e. The largest absolute Gasteiger partial charge is 0.477 e. The highest BCUT2D eigenvalue weighted by Gasteiger charge is 2.54. The minimum absolute atomic E-state index is 0.0147. The number of amides is 2. The van der Waals surface area contributed by atoms with Crippen molar-refractivity contribution in [2.45, 2.75) is 17.0 Å². The molecule has 4 rings (SSSR count). The number of carboxylic acids is 1. The Morgan fingerprint density at radius 3 is 2.81 bits per heavy atom. The summed E-state index contributed by atoms with van der Waals surface area (Å²) in [4.78, 5) is 50.3. The molecule has 1 fully saturated rings. The fourth-order valence-electron chi connectivity index (χ4n) is 3.58. The summed E-state index contributed by atoms with van der Waals surface area (Å²) in [5.41, 5.74) is 5.69. The van der Waals surface area contributed by atoms with E-state index < -0.39 is 29.9 Å². The van der Waals surface area contributed by atoms with Crippen molar-refractivity contribution in [3.63, 3.8) is 0 Å². The average molecular weight is 627 g/mol. The van der Waals surface area contributed by atoms with Crippen LogP contribution in [0, 0.1) is 0 Å². The Hall–Kier alpha value is -2.88. The summed E-state index contributed by atoms with van der Waals surface area (Å²) in [6, 6.07) is 2.45. The molecule has 2 amide bonds. The zero-order chi connectivity index (χ0) is 26.7. The normalized spacial score (nSPS) is 19.2. The number of hydrogen-bond donors (Lipinski definition) is 3. The predicted octanol–water partition coefficient (Wildman–Crippen LogP) is 1.71. The molecule has 4 heterocycles. The average Bonchev–Trinajstić information content (AvgIpc) is 3.29. The van der Waals surface area contributed by atoms with Crippen LogP contribution in [-0.2, 0) is 26.3 Å². The van der Waals surface area contributed by atoms with Gasteiger partial charge in [-0.15, -0.1) is 34.9 Å². The second-order valence-corrected chi connectivity index (χ2v) is 12.1. The summed E-state index contributed by atoms with van der Waals surface area (Å²) >= 11 is 7.14. The number of pyridine rings is 1. The second kappa shape index (κ2) is 11.7. The van der Waals surface area contributed by atoms with Crippen molar-refractivity contribution in [2.75, 3.05) is 23.8 Å². The number of thioether (sulfide) groups is 2. The molecular weight excluding hydrogens is 604 g/mol. The van der Waals surface area contributed by atoms with Gasteiger partial charge in [-0.2, -0.15) is 0 Å². The van der Waals surface area contributed by atoms with Crippen molar-refractivity contribution in [3.8, 4) is 0 Å². The highest BCUT2D eigenvalue weighted by molar-refractivity contribution is 9.11. The molecule has 0 bridgehead atoms. The van der Waals surface area contributed by atoms with Crippen LogP contribution in [0.25, 0.3) is 0 Å². The van der Waals surface area contributed by atoms with E-state index in [9.17, 15) is 19.5 Å². The van der Waals surface area contributed by atoms with Gasteiger partial charge in [-0.1, -0.05) is 27.7 Å². The molecule has 2 aromatic rings. The molecule has 1 saturated heterocycles. The van der Waals surface area contributed by atoms with Crippen LogP contribution in [0.5, 0.6) is 0 Å². The molecule has 2 aliphatic heterocycles. The van der Waals surface area contributed by atoms with E-state index in [2.05, 4.69) is 38.0 Å². The quantitative estimate of drug-likeness (QED) is 0.118. The van der Waals surface area contributed by atoms with Gasteiger partial charge < -0.3 is 21.0 Å². The number of aromatic nitrogens is 2. The molecule has 0 saturated carbocycles. The molecule has 4 N–H and O–H groups in total. The van der Waals surface area contributed by atoms with Crippen molar-refractivity contribution in [1.82, 2.24) is 15.2 Å². The number of aliphatic carboxylic acids is 1. The number of halogens is 1. The Balaban J connectivity index is 1.48. The van der Waals surface area contributed by atoms with Crippen molar-refractivity contribution >= 4 is 79.4 Å². The van der Waals surface area contributed by atoms with Crippen LogP contribution in [0.2, 0.25) is 0 Å². The maximum absolute atomic E-state index is 13.1. The van der Waals surface area contributed by atoms with E-state index in [4.69, 9.17) is 10.6 Å². The molecule has 2 aromatic heterocycles. The number of carboxylic acid groups (broad SMARTS) is 1. The fraction of sp³-hybridized carbons (Fsp3) is 0.273.